The minimum atomic E-state index is -0.737. The Balaban J connectivity index is 2.90. The molecule has 0 radical (unpaired) electrons. The van der Waals surface area contributed by atoms with Gasteiger partial charge in [-0.25, -0.2) is 9.59 Å². The van der Waals surface area contributed by atoms with E-state index < -0.39 is 35.4 Å². The first-order valence-electron chi connectivity index (χ1n) is 11.3. The van der Waals surface area contributed by atoms with Crippen LogP contribution in [0.3, 0.4) is 0 Å². The lowest BCUT2D eigenvalue weighted by molar-refractivity contribution is -0.156. The highest BCUT2D eigenvalue weighted by Crippen LogP contribution is 2.14. The molecule has 2 amide bonds. The third-order valence-corrected chi connectivity index (χ3v) is 4.12. The second kappa shape index (κ2) is 12.5. The van der Waals surface area contributed by atoms with Gasteiger partial charge >= 0.3 is 18.2 Å². The number of amides is 2. The van der Waals surface area contributed by atoms with E-state index in [4.69, 9.17) is 14.2 Å². The lowest BCUT2D eigenvalue weighted by Crippen LogP contribution is -2.49. The van der Waals surface area contributed by atoms with Crippen LogP contribution in [-0.4, -0.2) is 53.4 Å². The quantitative estimate of drug-likeness (QED) is 0.412. The van der Waals surface area contributed by atoms with E-state index in [9.17, 15) is 14.4 Å². The van der Waals surface area contributed by atoms with Gasteiger partial charge in [0.1, 0.15) is 24.4 Å². The molecule has 1 aromatic rings. The Morgan fingerprint density at radius 1 is 0.939 bits per heavy atom. The largest absolute Gasteiger partial charge is 0.459 e. The summed E-state index contributed by atoms with van der Waals surface area (Å²) >= 11 is 0. The third-order valence-electron chi connectivity index (χ3n) is 4.12. The zero-order valence-electron chi connectivity index (χ0n) is 21.3. The molecule has 186 valence electrons. The van der Waals surface area contributed by atoms with Crippen LogP contribution in [-0.2, 0) is 25.6 Å². The molecule has 1 unspecified atom stereocenters. The monoisotopic (exact) mass is 464 g/mol. The third kappa shape index (κ3) is 13.4. The molecule has 8 heteroatoms. The number of hydrogen-bond donors (Lipinski definition) is 1. The van der Waals surface area contributed by atoms with Crippen molar-refractivity contribution in [2.75, 3.05) is 13.1 Å². The van der Waals surface area contributed by atoms with Crippen LogP contribution < -0.4 is 5.32 Å². The van der Waals surface area contributed by atoms with Gasteiger partial charge in [-0.2, -0.15) is 0 Å². The van der Waals surface area contributed by atoms with Gasteiger partial charge in [0, 0.05) is 6.54 Å². The van der Waals surface area contributed by atoms with Gasteiger partial charge in [0.25, 0.3) is 0 Å². The smallest absolute Gasteiger partial charge is 0.410 e. The van der Waals surface area contributed by atoms with E-state index in [-0.39, 0.29) is 25.6 Å². The Morgan fingerprint density at radius 2 is 1.52 bits per heavy atom. The molecule has 1 aromatic carbocycles. The summed E-state index contributed by atoms with van der Waals surface area (Å²) in [7, 11) is 0. The van der Waals surface area contributed by atoms with Gasteiger partial charge < -0.3 is 19.5 Å². The van der Waals surface area contributed by atoms with E-state index in [1.54, 1.807) is 41.5 Å². The average molecular weight is 465 g/mol. The van der Waals surface area contributed by atoms with Crippen LogP contribution in [0.1, 0.15) is 67.4 Å². The molecule has 8 nitrogen and oxygen atoms in total. The van der Waals surface area contributed by atoms with E-state index in [0.717, 1.165) is 5.56 Å². The van der Waals surface area contributed by atoms with Crippen molar-refractivity contribution in [3.8, 4) is 0 Å². The Labute approximate surface area is 198 Å². The number of nitrogens with zero attached hydrogens (tertiary/aromatic N) is 1. The number of carbonyl (C=O) groups is 3. The number of hydrogen-bond acceptors (Lipinski definition) is 6. The van der Waals surface area contributed by atoms with E-state index in [1.807, 2.05) is 44.2 Å². The van der Waals surface area contributed by atoms with Gasteiger partial charge in [-0.1, -0.05) is 44.2 Å². The van der Waals surface area contributed by atoms with E-state index >= 15 is 0 Å². The van der Waals surface area contributed by atoms with E-state index in [0.29, 0.717) is 6.42 Å². The summed E-state index contributed by atoms with van der Waals surface area (Å²) in [6.07, 6.45) is -0.666. The van der Waals surface area contributed by atoms with Crippen LogP contribution in [0.2, 0.25) is 0 Å². The van der Waals surface area contributed by atoms with Crippen molar-refractivity contribution in [1.82, 2.24) is 10.2 Å². The molecule has 0 aliphatic heterocycles. The number of alkyl carbamates (subject to hydrolysis) is 1. The van der Waals surface area contributed by atoms with Crippen molar-refractivity contribution in [3.05, 3.63) is 35.9 Å². The van der Waals surface area contributed by atoms with Gasteiger partial charge in [-0.05, 0) is 59.4 Å². The van der Waals surface area contributed by atoms with Gasteiger partial charge in [-0.3, -0.25) is 9.69 Å². The Hall–Kier alpha value is -2.77. The summed E-state index contributed by atoms with van der Waals surface area (Å²) in [5.41, 5.74) is -0.555. The maximum Gasteiger partial charge on any atom is 0.410 e. The number of benzene rings is 1. The van der Waals surface area contributed by atoms with Crippen LogP contribution in [0.15, 0.2) is 30.3 Å². The van der Waals surface area contributed by atoms with Crippen molar-refractivity contribution < 1.29 is 28.6 Å². The standard InChI is InChI=1S/C25H40N2O6/c1-18(2)14-20(26-22(29)31-17-19-12-10-9-11-13-19)15-27(23(30)33-25(6,7)8)16-21(28)32-24(3,4)5/h9-13,18,20H,14-17H2,1-8H3,(H,26,29). The molecule has 0 fully saturated rings. The Morgan fingerprint density at radius 3 is 2.03 bits per heavy atom. The number of carbonyl (C=O) groups excluding carboxylic acids is 3. The van der Waals surface area contributed by atoms with Crippen molar-refractivity contribution in [3.63, 3.8) is 0 Å². The number of rotatable bonds is 9. The second-order valence-electron chi connectivity index (χ2n) is 10.5. The number of esters is 1. The van der Waals surface area contributed by atoms with E-state index in [2.05, 4.69) is 5.32 Å². The van der Waals surface area contributed by atoms with Gasteiger partial charge in [0.05, 0.1) is 6.04 Å². The fourth-order valence-corrected chi connectivity index (χ4v) is 3.01. The minimum absolute atomic E-state index is 0.0762. The van der Waals surface area contributed by atoms with Crippen LogP contribution >= 0.6 is 0 Å². The fraction of sp³-hybridized carbons (Fsp3) is 0.640. The average Bonchev–Trinajstić information content (AvgIpc) is 2.63. The molecule has 0 aliphatic carbocycles. The van der Waals surface area contributed by atoms with Crippen LogP contribution in [0.4, 0.5) is 9.59 Å². The zero-order valence-corrected chi connectivity index (χ0v) is 21.3. The molecule has 0 bridgehead atoms. The Bertz CT molecular complexity index is 765. The normalized spacial score (nSPS) is 12.6. The molecule has 0 aromatic heterocycles. The maximum atomic E-state index is 12.8. The highest BCUT2D eigenvalue weighted by Gasteiger charge is 2.29. The maximum absolute atomic E-state index is 12.8. The van der Waals surface area contributed by atoms with Crippen LogP contribution in [0.25, 0.3) is 0 Å². The predicted molar refractivity (Wildman–Crippen MR) is 127 cm³/mol. The lowest BCUT2D eigenvalue weighted by atomic mass is 10.0. The molecular weight excluding hydrogens is 424 g/mol. The molecule has 0 aliphatic rings. The first kappa shape index (κ1) is 28.3. The van der Waals surface area contributed by atoms with E-state index in [1.165, 1.54) is 4.90 Å². The van der Waals surface area contributed by atoms with Crippen molar-refractivity contribution in [2.24, 2.45) is 5.92 Å². The van der Waals surface area contributed by atoms with Gasteiger partial charge in [-0.15, -0.1) is 0 Å². The summed E-state index contributed by atoms with van der Waals surface area (Å²) < 4.78 is 16.2. The molecule has 1 rings (SSSR count). The first-order chi connectivity index (χ1) is 15.1. The van der Waals surface area contributed by atoms with Crippen LogP contribution in [0.5, 0.6) is 0 Å². The molecule has 0 saturated heterocycles. The fourth-order valence-electron chi connectivity index (χ4n) is 3.01. The van der Waals surface area contributed by atoms with Gasteiger partial charge in [0.15, 0.2) is 0 Å². The minimum Gasteiger partial charge on any atom is -0.459 e. The molecule has 0 heterocycles. The highest BCUT2D eigenvalue weighted by atomic mass is 16.6. The van der Waals surface area contributed by atoms with Crippen molar-refractivity contribution >= 4 is 18.2 Å². The summed E-state index contributed by atoms with van der Waals surface area (Å²) in [6, 6.07) is 8.91. The molecule has 1 atom stereocenters. The molecule has 0 spiro atoms. The summed E-state index contributed by atoms with van der Waals surface area (Å²) in [6.45, 7) is 14.5. The van der Waals surface area contributed by atoms with Crippen molar-refractivity contribution in [2.45, 2.75) is 85.7 Å². The van der Waals surface area contributed by atoms with Crippen molar-refractivity contribution in [1.29, 1.82) is 0 Å². The summed E-state index contributed by atoms with van der Waals surface area (Å²) in [5.74, 6) is -0.324. The summed E-state index contributed by atoms with van der Waals surface area (Å²) in [4.78, 5) is 39.0. The Kier molecular flexibility index (Phi) is 10.7. The SMILES string of the molecule is CC(C)CC(CN(CC(=O)OC(C)(C)C)C(=O)OC(C)(C)C)NC(=O)OCc1ccccc1. The van der Waals surface area contributed by atoms with Crippen LogP contribution in [0, 0.1) is 5.92 Å². The number of ether oxygens (including phenoxy) is 3. The first-order valence-corrected chi connectivity index (χ1v) is 11.3. The summed E-state index contributed by atoms with van der Waals surface area (Å²) in [5, 5.41) is 2.83. The molecular formula is C25H40N2O6. The molecule has 1 N–H and O–H groups in total. The zero-order chi connectivity index (χ0) is 25.2. The molecule has 0 saturated carbocycles. The topological polar surface area (TPSA) is 94.2 Å². The lowest BCUT2D eigenvalue weighted by Gasteiger charge is -2.31. The molecule has 33 heavy (non-hydrogen) atoms. The second-order valence-corrected chi connectivity index (χ2v) is 10.5. The predicted octanol–water partition coefficient (Wildman–Crippen LogP) is 4.91. The van der Waals surface area contributed by atoms with Gasteiger partial charge in [0.2, 0.25) is 0 Å². The highest BCUT2D eigenvalue weighted by molar-refractivity contribution is 5.78. The number of nitrogens with one attached hydrogen (secondary N) is 1.